The van der Waals surface area contributed by atoms with E-state index in [0.29, 0.717) is 12.2 Å². The number of aryl methyl sites for hydroxylation is 1. The fourth-order valence-electron chi connectivity index (χ4n) is 2.70. The largest absolute Gasteiger partial charge is 0.448 e. The predicted molar refractivity (Wildman–Crippen MR) is 97.7 cm³/mol. The molecule has 0 N–H and O–H groups in total. The molecule has 1 amide bonds. The van der Waals surface area contributed by atoms with E-state index in [1.807, 2.05) is 55.6 Å². The molecule has 0 saturated carbocycles. The molecule has 2 heterocycles. The van der Waals surface area contributed by atoms with Crippen molar-refractivity contribution in [1.29, 1.82) is 0 Å². The first kappa shape index (κ1) is 17.7. The Morgan fingerprint density at radius 3 is 2.69 bits per heavy atom. The number of nitrogens with zero attached hydrogens (tertiary/aromatic N) is 3. The molecule has 0 saturated heterocycles. The van der Waals surface area contributed by atoms with Crippen LogP contribution < -0.4 is 0 Å². The van der Waals surface area contributed by atoms with Gasteiger partial charge in [0.15, 0.2) is 11.8 Å². The second-order valence-corrected chi connectivity index (χ2v) is 6.32. The van der Waals surface area contributed by atoms with Gasteiger partial charge in [0.1, 0.15) is 5.65 Å². The molecule has 6 heteroatoms. The number of carbonyl (C=O) groups is 2. The zero-order valence-corrected chi connectivity index (χ0v) is 15.0. The van der Waals surface area contributed by atoms with Gasteiger partial charge in [0, 0.05) is 26.0 Å². The molecule has 0 radical (unpaired) electrons. The monoisotopic (exact) mass is 351 g/mol. The second-order valence-electron chi connectivity index (χ2n) is 6.32. The van der Waals surface area contributed by atoms with Gasteiger partial charge in [-0.2, -0.15) is 0 Å². The fourth-order valence-corrected chi connectivity index (χ4v) is 2.70. The second kappa shape index (κ2) is 7.39. The first-order chi connectivity index (χ1) is 12.4. The summed E-state index contributed by atoms with van der Waals surface area (Å²) in [5.41, 5.74) is 2.91. The van der Waals surface area contributed by atoms with Gasteiger partial charge in [0.2, 0.25) is 0 Å². The number of pyridine rings is 1. The fraction of sp³-hybridized carbons (Fsp3) is 0.250. The number of likely N-dealkylation sites (N-methyl/N-ethyl adjacent to an activating group) is 1. The molecular formula is C20H21N3O3. The third-order valence-corrected chi connectivity index (χ3v) is 4.10. The Morgan fingerprint density at radius 2 is 1.96 bits per heavy atom. The third-order valence-electron chi connectivity index (χ3n) is 4.10. The summed E-state index contributed by atoms with van der Waals surface area (Å²) in [6.45, 7) is 3.98. The van der Waals surface area contributed by atoms with Crippen LogP contribution in [-0.4, -0.2) is 39.3 Å². The molecule has 1 aromatic carbocycles. The summed E-state index contributed by atoms with van der Waals surface area (Å²) in [7, 11) is 1.69. The van der Waals surface area contributed by atoms with Crippen LogP contribution in [0.3, 0.4) is 0 Å². The molecule has 3 rings (SSSR count). The van der Waals surface area contributed by atoms with Gasteiger partial charge in [-0.15, -0.1) is 0 Å². The van der Waals surface area contributed by atoms with E-state index in [2.05, 4.69) is 4.98 Å². The van der Waals surface area contributed by atoms with E-state index in [0.717, 1.165) is 11.1 Å². The Morgan fingerprint density at radius 1 is 1.23 bits per heavy atom. The summed E-state index contributed by atoms with van der Waals surface area (Å²) in [5, 5.41) is 0. The van der Waals surface area contributed by atoms with E-state index in [1.54, 1.807) is 29.5 Å². The molecule has 0 aliphatic heterocycles. The van der Waals surface area contributed by atoms with Gasteiger partial charge in [-0.25, -0.2) is 9.78 Å². The molecule has 0 spiro atoms. The summed E-state index contributed by atoms with van der Waals surface area (Å²) >= 11 is 0. The van der Waals surface area contributed by atoms with Crippen molar-refractivity contribution in [2.45, 2.75) is 26.5 Å². The highest BCUT2D eigenvalue weighted by Crippen LogP contribution is 2.11. The topological polar surface area (TPSA) is 63.9 Å². The van der Waals surface area contributed by atoms with Crippen LogP contribution in [0.4, 0.5) is 0 Å². The van der Waals surface area contributed by atoms with Crippen LogP contribution in [0.5, 0.6) is 0 Å². The van der Waals surface area contributed by atoms with Crippen LogP contribution in [0.15, 0.2) is 54.9 Å². The molecular weight excluding hydrogens is 330 g/mol. The maximum atomic E-state index is 12.5. The first-order valence-electron chi connectivity index (χ1n) is 8.39. The molecule has 134 valence electrons. The zero-order valence-electron chi connectivity index (χ0n) is 15.0. The Labute approximate surface area is 152 Å². The summed E-state index contributed by atoms with van der Waals surface area (Å²) < 4.78 is 7.06. The molecule has 2 aromatic heterocycles. The van der Waals surface area contributed by atoms with Crippen LogP contribution in [0, 0.1) is 6.92 Å². The lowest BCUT2D eigenvalue weighted by Crippen LogP contribution is -2.37. The lowest BCUT2D eigenvalue weighted by Gasteiger charge is -2.21. The Balaban J connectivity index is 1.64. The number of hydrogen-bond donors (Lipinski definition) is 0. The van der Waals surface area contributed by atoms with Crippen molar-refractivity contribution in [3.05, 3.63) is 71.7 Å². The number of imidazole rings is 1. The number of amides is 1. The molecule has 0 aliphatic rings. The van der Waals surface area contributed by atoms with Crippen molar-refractivity contribution < 1.29 is 14.3 Å². The van der Waals surface area contributed by atoms with Gasteiger partial charge in [-0.05, 0) is 37.1 Å². The van der Waals surface area contributed by atoms with Gasteiger partial charge in [-0.3, -0.25) is 4.79 Å². The van der Waals surface area contributed by atoms with Gasteiger partial charge >= 0.3 is 5.97 Å². The highest BCUT2D eigenvalue weighted by atomic mass is 16.5. The standard InChI is InChI=1S/C20H21N3O3/c1-14-9-10-23-13-17(21-18(23)11-14)20(25)26-15(2)19(24)22(3)12-16-7-5-4-6-8-16/h4-11,13,15H,12H2,1-3H3. The Hall–Kier alpha value is -3.15. The Bertz CT molecular complexity index is 934. The van der Waals surface area contributed by atoms with E-state index >= 15 is 0 Å². The van der Waals surface area contributed by atoms with E-state index in [1.165, 1.54) is 0 Å². The smallest absolute Gasteiger partial charge is 0.359 e. The molecule has 26 heavy (non-hydrogen) atoms. The normalized spacial score (nSPS) is 12.0. The van der Waals surface area contributed by atoms with E-state index in [4.69, 9.17) is 4.74 Å². The number of esters is 1. The van der Waals surface area contributed by atoms with Gasteiger partial charge in [-0.1, -0.05) is 30.3 Å². The summed E-state index contributed by atoms with van der Waals surface area (Å²) in [5.74, 6) is -0.873. The van der Waals surface area contributed by atoms with Gasteiger partial charge in [0.25, 0.3) is 5.91 Å². The van der Waals surface area contributed by atoms with Crippen molar-refractivity contribution >= 4 is 17.5 Å². The van der Waals surface area contributed by atoms with Crippen molar-refractivity contribution in [3.63, 3.8) is 0 Å². The maximum Gasteiger partial charge on any atom is 0.359 e. The first-order valence-corrected chi connectivity index (χ1v) is 8.39. The third kappa shape index (κ3) is 3.91. The Kier molecular flexibility index (Phi) is 5.02. The van der Waals surface area contributed by atoms with Crippen LogP contribution >= 0.6 is 0 Å². The molecule has 1 atom stereocenters. The molecule has 3 aromatic rings. The van der Waals surface area contributed by atoms with E-state index < -0.39 is 12.1 Å². The van der Waals surface area contributed by atoms with Gasteiger partial charge in [0.05, 0.1) is 0 Å². The molecule has 0 fully saturated rings. The number of fused-ring (bicyclic) bond motifs is 1. The lowest BCUT2D eigenvalue weighted by molar-refractivity contribution is -0.139. The summed E-state index contributed by atoms with van der Waals surface area (Å²) in [6.07, 6.45) is 2.54. The summed E-state index contributed by atoms with van der Waals surface area (Å²) in [6, 6.07) is 13.4. The number of rotatable bonds is 5. The minimum absolute atomic E-state index is 0.181. The van der Waals surface area contributed by atoms with E-state index in [-0.39, 0.29) is 11.6 Å². The van der Waals surface area contributed by atoms with Crippen molar-refractivity contribution in [2.75, 3.05) is 7.05 Å². The highest BCUT2D eigenvalue weighted by Gasteiger charge is 2.23. The van der Waals surface area contributed by atoms with Crippen LogP contribution in [0.2, 0.25) is 0 Å². The minimum atomic E-state index is -0.886. The number of carbonyl (C=O) groups excluding carboxylic acids is 2. The van der Waals surface area contributed by atoms with Crippen LogP contribution in [-0.2, 0) is 16.1 Å². The number of benzene rings is 1. The van der Waals surface area contributed by atoms with Crippen molar-refractivity contribution in [2.24, 2.45) is 0 Å². The summed E-state index contributed by atoms with van der Waals surface area (Å²) in [4.78, 5) is 30.6. The van der Waals surface area contributed by atoms with Gasteiger partial charge < -0.3 is 14.0 Å². The van der Waals surface area contributed by atoms with E-state index in [9.17, 15) is 9.59 Å². The SMILES string of the molecule is Cc1ccn2cc(C(=O)OC(C)C(=O)N(C)Cc3ccccc3)nc2c1. The average Bonchev–Trinajstić information content (AvgIpc) is 3.05. The maximum absolute atomic E-state index is 12.5. The zero-order chi connectivity index (χ0) is 18.7. The highest BCUT2D eigenvalue weighted by molar-refractivity contribution is 5.91. The van der Waals surface area contributed by atoms with Crippen molar-refractivity contribution in [1.82, 2.24) is 14.3 Å². The number of aromatic nitrogens is 2. The number of hydrogen-bond acceptors (Lipinski definition) is 4. The van der Waals surface area contributed by atoms with Crippen LogP contribution in [0.25, 0.3) is 5.65 Å². The van der Waals surface area contributed by atoms with Crippen molar-refractivity contribution in [3.8, 4) is 0 Å². The molecule has 0 bridgehead atoms. The minimum Gasteiger partial charge on any atom is -0.448 e. The molecule has 0 aliphatic carbocycles. The lowest BCUT2D eigenvalue weighted by atomic mass is 10.2. The van der Waals surface area contributed by atoms with Crippen LogP contribution in [0.1, 0.15) is 28.5 Å². The molecule has 1 unspecified atom stereocenters. The predicted octanol–water partition coefficient (Wildman–Crippen LogP) is 2.85. The molecule has 6 nitrogen and oxygen atoms in total. The average molecular weight is 351 g/mol. The number of ether oxygens (including phenoxy) is 1. The quantitative estimate of drug-likeness (QED) is 0.663.